The van der Waals surface area contributed by atoms with E-state index in [0.29, 0.717) is 30.3 Å². The molecule has 2 aromatic carbocycles. The van der Waals surface area contributed by atoms with E-state index >= 15 is 0 Å². The normalized spacial score (nSPS) is 13.1. The van der Waals surface area contributed by atoms with Crippen molar-refractivity contribution in [2.45, 2.75) is 0 Å². The maximum absolute atomic E-state index is 13.9. The molecule has 20 heavy (non-hydrogen) atoms. The first-order valence-corrected chi connectivity index (χ1v) is 6.43. The van der Waals surface area contributed by atoms with Crippen LogP contribution in [0.1, 0.15) is 15.9 Å². The molecule has 5 heteroatoms. The predicted octanol–water partition coefficient (Wildman–Crippen LogP) is 3.48. The number of carbonyl (C=O) groups excluding carboxylic acids is 1. The molecule has 1 heterocycles. The van der Waals surface area contributed by atoms with Gasteiger partial charge in [0.1, 0.15) is 13.2 Å². The van der Waals surface area contributed by atoms with E-state index in [-0.39, 0.29) is 10.6 Å². The summed E-state index contributed by atoms with van der Waals surface area (Å²) in [5, 5.41) is -0.0756. The topological polar surface area (TPSA) is 35.5 Å². The van der Waals surface area contributed by atoms with Gasteiger partial charge in [-0.3, -0.25) is 4.79 Å². The zero-order valence-corrected chi connectivity index (χ0v) is 11.1. The lowest BCUT2D eigenvalue weighted by atomic mass is 10.0. The first-order chi connectivity index (χ1) is 9.66. The Morgan fingerprint density at radius 1 is 1.10 bits per heavy atom. The standard InChI is InChI=1S/C15H10ClFO3/c16-11-3-1-2-10(14(11)17)15(18)9-4-5-12-13(8-9)20-7-6-19-12/h1-5,8H,6-7H2. The van der Waals surface area contributed by atoms with Crippen LogP contribution in [0.5, 0.6) is 11.5 Å². The highest BCUT2D eigenvalue weighted by atomic mass is 35.5. The van der Waals surface area contributed by atoms with Crippen LogP contribution in [0.15, 0.2) is 36.4 Å². The van der Waals surface area contributed by atoms with Gasteiger partial charge in [0.25, 0.3) is 0 Å². The molecule has 0 aromatic heterocycles. The Balaban J connectivity index is 2.00. The molecule has 1 aliphatic heterocycles. The van der Waals surface area contributed by atoms with Crippen molar-refractivity contribution in [3.05, 3.63) is 58.4 Å². The monoisotopic (exact) mass is 292 g/mol. The van der Waals surface area contributed by atoms with Crippen molar-refractivity contribution in [2.75, 3.05) is 13.2 Å². The number of ether oxygens (including phenoxy) is 2. The summed E-state index contributed by atoms with van der Waals surface area (Å²) < 4.78 is 24.7. The Morgan fingerprint density at radius 3 is 2.65 bits per heavy atom. The van der Waals surface area contributed by atoms with Crippen molar-refractivity contribution < 1.29 is 18.7 Å². The SMILES string of the molecule is O=C(c1ccc2c(c1)OCCO2)c1cccc(Cl)c1F. The molecule has 0 radical (unpaired) electrons. The number of rotatable bonds is 2. The molecule has 3 rings (SSSR count). The van der Waals surface area contributed by atoms with Gasteiger partial charge in [0, 0.05) is 5.56 Å². The molecule has 0 saturated carbocycles. The van der Waals surface area contributed by atoms with Gasteiger partial charge >= 0.3 is 0 Å². The fourth-order valence-corrected chi connectivity index (χ4v) is 2.19. The van der Waals surface area contributed by atoms with Crippen LogP contribution in [0, 0.1) is 5.82 Å². The number of fused-ring (bicyclic) bond motifs is 1. The first-order valence-electron chi connectivity index (χ1n) is 6.05. The molecule has 0 spiro atoms. The van der Waals surface area contributed by atoms with Crippen molar-refractivity contribution in [2.24, 2.45) is 0 Å². The minimum atomic E-state index is -0.714. The average molecular weight is 293 g/mol. The number of carbonyl (C=O) groups is 1. The highest BCUT2D eigenvalue weighted by Crippen LogP contribution is 2.32. The summed E-state index contributed by atoms with van der Waals surface area (Å²) in [5.74, 6) is -0.0834. The Morgan fingerprint density at radius 2 is 1.85 bits per heavy atom. The Kier molecular flexibility index (Phi) is 3.32. The van der Waals surface area contributed by atoms with Crippen molar-refractivity contribution in [1.82, 2.24) is 0 Å². The molecule has 0 atom stereocenters. The fourth-order valence-electron chi connectivity index (χ4n) is 2.02. The number of hydrogen-bond acceptors (Lipinski definition) is 3. The van der Waals surface area contributed by atoms with Crippen LogP contribution in [-0.4, -0.2) is 19.0 Å². The van der Waals surface area contributed by atoms with Gasteiger partial charge in [0.2, 0.25) is 0 Å². The zero-order chi connectivity index (χ0) is 14.1. The smallest absolute Gasteiger partial charge is 0.196 e. The zero-order valence-electron chi connectivity index (χ0n) is 10.4. The summed E-state index contributed by atoms with van der Waals surface area (Å²) in [4.78, 5) is 12.3. The van der Waals surface area contributed by atoms with E-state index in [1.807, 2.05) is 0 Å². The van der Waals surface area contributed by atoms with E-state index in [0.717, 1.165) is 0 Å². The summed E-state index contributed by atoms with van der Waals surface area (Å²) in [6.07, 6.45) is 0. The largest absolute Gasteiger partial charge is 0.486 e. The van der Waals surface area contributed by atoms with Crippen LogP contribution in [-0.2, 0) is 0 Å². The number of hydrogen-bond donors (Lipinski definition) is 0. The van der Waals surface area contributed by atoms with Gasteiger partial charge in [0.15, 0.2) is 23.1 Å². The van der Waals surface area contributed by atoms with Crippen LogP contribution >= 0.6 is 11.6 Å². The molecule has 0 N–H and O–H groups in total. The van der Waals surface area contributed by atoms with Crippen molar-refractivity contribution in [3.8, 4) is 11.5 Å². The van der Waals surface area contributed by atoms with Crippen molar-refractivity contribution >= 4 is 17.4 Å². The Hall–Kier alpha value is -2.07. The fraction of sp³-hybridized carbons (Fsp3) is 0.133. The highest BCUT2D eigenvalue weighted by Gasteiger charge is 2.19. The summed E-state index contributed by atoms with van der Waals surface area (Å²) in [6.45, 7) is 0.902. The highest BCUT2D eigenvalue weighted by molar-refractivity contribution is 6.31. The van der Waals surface area contributed by atoms with Crippen LogP contribution in [0.2, 0.25) is 5.02 Å². The molecular weight excluding hydrogens is 283 g/mol. The van der Waals surface area contributed by atoms with Gasteiger partial charge in [-0.1, -0.05) is 17.7 Å². The van der Waals surface area contributed by atoms with Gasteiger partial charge in [-0.2, -0.15) is 0 Å². The Labute approximate surface area is 119 Å². The van der Waals surface area contributed by atoms with Crippen LogP contribution in [0.3, 0.4) is 0 Å². The molecule has 0 aliphatic carbocycles. The lowest BCUT2D eigenvalue weighted by Crippen LogP contribution is -2.16. The minimum absolute atomic E-state index is 0.0609. The third-order valence-corrected chi connectivity index (χ3v) is 3.29. The number of ketones is 1. The molecule has 1 aliphatic rings. The predicted molar refractivity (Wildman–Crippen MR) is 72.3 cm³/mol. The number of halogens is 2. The Bertz CT molecular complexity index is 685. The second-order valence-corrected chi connectivity index (χ2v) is 4.70. The summed E-state index contributed by atoms with van der Waals surface area (Å²) in [5.41, 5.74) is 0.268. The van der Waals surface area contributed by atoms with Crippen LogP contribution in [0.25, 0.3) is 0 Å². The van der Waals surface area contributed by atoms with Gasteiger partial charge in [-0.25, -0.2) is 4.39 Å². The third-order valence-electron chi connectivity index (χ3n) is 3.00. The molecule has 0 saturated heterocycles. The first kappa shape index (κ1) is 12.9. The van der Waals surface area contributed by atoms with Gasteiger partial charge in [-0.05, 0) is 30.3 Å². The maximum Gasteiger partial charge on any atom is 0.196 e. The molecule has 0 bridgehead atoms. The van der Waals surface area contributed by atoms with Crippen molar-refractivity contribution in [3.63, 3.8) is 0 Å². The average Bonchev–Trinajstić information content (AvgIpc) is 2.49. The van der Waals surface area contributed by atoms with Crippen LogP contribution in [0.4, 0.5) is 4.39 Å². The molecular formula is C15H10ClFO3. The lowest BCUT2D eigenvalue weighted by Gasteiger charge is -2.18. The van der Waals surface area contributed by atoms with Crippen LogP contribution < -0.4 is 9.47 Å². The van der Waals surface area contributed by atoms with Crippen molar-refractivity contribution in [1.29, 1.82) is 0 Å². The van der Waals surface area contributed by atoms with E-state index in [1.165, 1.54) is 18.2 Å². The van der Waals surface area contributed by atoms with E-state index in [4.69, 9.17) is 21.1 Å². The molecule has 0 amide bonds. The van der Waals surface area contributed by atoms with Gasteiger partial charge in [0.05, 0.1) is 10.6 Å². The summed E-state index contributed by atoms with van der Waals surface area (Å²) >= 11 is 5.69. The van der Waals surface area contributed by atoms with Gasteiger partial charge in [-0.15, -0.1) is 0 Å². The summed E-state index contributed by atoms with van der Waals surface area (Å²) in [7, 11) is 0. The second-order valence-electron chi connectivity index (χ2n) is 4.29. The lowest BCUT2D eigenvalue weighted by molar-refractivity contribution is 0.103. The van der Waals surface area contributed by atoms with E-state index in [1.54, 1.807) is 18.2 Å². The number of benzene rings is 2. The molecule has 2 aromatic rings. The summed E-state index contributed by atoms with van der Waals surface area (Å²) in [6, 6.07) is 9.12. The molecule has 102 valence electrons. The van der Waals surface area contributed by atoms with E-state index in [9.17, 15) is 9.18 Å². The minimum Gasteiger partial charge on any atom is -0.486 e. The maximum atomic E-state index is 13.9. The second kappa shape index (κ2) is 5.13. The molecule has 0 fully saturated rings. The van der Waals surface area contributed by atoms with E-state index < -0.39 is 11.6 Å². The quantitative estimate of drug-likeness (QED) is 0.795. The third kappa shape index (κ3) is 2.23. The molecule has 3 nitrogen and oxygen atoms in total. The van der Waals surface area contributed by atoms with Gasteiger partial charge < -0.3 is 9.47 Å². The van der Waals surface area contributed by atoms with E-state index in [2.05, 4.69) is 0 Å². The molecule has 0 unspecified atom stereocenters.